The molecule has 0 bridgehead atoms. The third kappa shape index (κ3) is 0.0349. The van der Waals surface area contributed by atoms with Crippen molar-refractivity contribution in [3.8, 4) is 0 Å². The van der Waals surface area contributed by atoms with Gasteiger partial charge in [0, 0.05) is 0 Å². The Labute approximate surface area is 34.4 Å². The van der Waals surface area contributed by atoms with Crippen molar-refractivity contribution in [2.75, 3.05) is 0 Å². The van der Waals surface area contributed by atoms with Gasteiger partial charge in [0.1, 0.15) is 0 Å². The molecule has 0 atom stereocenters. The van der Waals surface area contributed by atoms with Gasteiger partial charge in [-0.3, -0.25) is 0 Å². The third-order valence-electron chi connectivity index (χ3n) is 3.42. The first kappa shape index (κ1) is 1.72. The van der Waals surface area contributed by atoms with Crippen LogP contribution in [0.1, 0.15) is 0 Å². The summed E-state index contributed by atoms with van der Waals surface area (Å²) >= 11 is -0.513. The quantitative estimate of drug-likeness (QED) is 0.476. The Morgan fingerprint density at radius 3 is 1.00 bits per heavy atom. The molecule has 4 rings (SSSR count). The van der Waals surface area contributed by atoms with Gasteiger partial charge in [0.2, 0.25) is 0 Å². The molecular formula is C4H4Sn. The molecule has 4 aliphatic rings. The Morgan fingerprint density at radius 1 is 0.800 bits per heavy atom. The molecule has 4 saturated heterocycles. The van der Waals surface area contributed by atoms with E-state index in [1.807, 2.05) is 0 Å². The van der Waals surface area contributed by atoms with Crippen molar-refractivity contribution in [2.45, 2.75) is 15.7 Å². The minimum atomic E-state index is -0.513. The average Bonchev–Trinajstić information content (AvgIpc) is 1.26. The summed E-state index contributed by atoms with van der Waals surface area (Å²) < 4.78 is 6.26. The fourth-order valence-corrected chi connectivity index (χ4v) is 31.9. The van der Waals surface area contributed by atoms with E-state index in [1.54, 1.807) is 15.7 Å². The van der Waals surface area contributed by atoms with Crippen LogP contribution in [0.4, 0.5) is 0 Å². The van der Waals surface area contributed by atoms with Crippen LogP contribution in [0.25, 0.3) is 0 Å². The maximum absolute atomic E-state index is 1.56. The standard InChI is InChI=1S/C4H4.Sn/c1-2-4-3-1;/h1-4H;. The first-order chi connectivity index (χ1) is 2.49. The van der Waals surface area contributed by atoms with Gasteiger partial charge in [-0.1, -0.05) is 0 Å². The van der Waals surface area contributed by atoms with Crippen LogP contribution >= 0.6 is 0 Å². The van der Waals surface area contributed by atoms with Crippen LogP contribution in [-0.2, 0) is 0 Å². The molecule has 0 aromatic heterocycles. The van der Waals surface area contributed by atoms with Crippen LogP contribution in [-0.4, -0.2) is 18.4 Å². The molecule has 0 N–H and O–H groups in total. The van der Waals surface area contributed by atoms with E-state index >= 15 is 0 Å². The van der Waals surface area contributed by atoms with Crippen molar-refractivity contribution in [1.82, 2.24) is 0 Å². The summed E-state index contributed by atoms with van der Waals surface area (Å²) in [5.74, 6) is 0. The molecule has 4 aliphatic heterocycles. The maximum atomic E-state index is 1.56. The molecule has 0 radical (unpaired) electrons. The van der Waals surface area contributed by atoms with E-state index < -0.39 is 18.4 Å². The van der Waals surface area contributed by atoms with Gasteiger partial charge in [0.15, 0.2) is 0 Å². The average molecular weight is 171 g/mol. The number of hydrogen-bond donors (Lipinski definition) is 0. The summed E-state index contributed by atoms with van der Waals surface area (Å²) in [4.78, 5) is 0. The molecule has 0 aliphatic carbocycles. The second kappa shape index (κ2) is 0.196. The molecular weight excluding hydrogens is 167 g/mol. The van der Waals surface area contributed by atoms with Crippen molar-refractivity contribution in [1.29, 1.82) is 0 Å². The summed E-state index contributed by atoms with van der Waals surface area (Å²) in [6.07, 6.45) is 0. The Bertz CT molecular complexity index is 106. The van der Waals surface area contributed by atoms with Crippen LogP contribution in [0, 0.1) is 0 Å². The Kier molecular flexibility index (Phi) is 0.0676. The van der Waals surface area contributed by atoms with Crippen molar-refractivity contribution in [3.05, 3.63) is 0 Å². The normalized spacial score (nSPS) is 125. The summed E-state index contributed by atoms with van der Waals surface area (Å²) in [6, 6.07) is 0. The van der Waals surface area contributed by atoms with Gasteiger partial charge in [0.05, 0.1) is 0 Å². The monoisotopic (exact) mass is 172 g/mol. The molecule has 0 aromatic carbocycles. The molecule has 4 fully saturated rings. The van der Waals surface area contributed by atoms with Gasteiger partial charge in [0.25, 0.3) is 0 Å². The Morgan fingerprint density at radius 2 is 1.00 bits per heavy atom. The van der Waals surface area contributed by atoms with E-state index in [1.165, 1.54) is 0 Å². The summed E-state index contributed by atoms with van der Waals surface area (Å²) in [5.41, 5.74) is 0. The van der Waals surface area contributed by atoms with Crippen molar-refractivity contribution in [2.24, 2.45) is 0 Å². The summed E-state index contributed by atoms with van der Waals surface area (Å²) in [5, 5.41) is 0. The second-order valence-corrected chi connectivity index (χ2v) is 16.4. The first-order valence-electron chi connectivity index (χ1n) is 2.49. The fourth-order valence-electron chi connectivity index (χ4n) is 2.66. The van der Waals surface area contributed by atoms with Gasteiger partial charge in [-0.2, -0.15) is 0 Å². The third-order valence-corrected chi connectivity index (χ3v) is 20.4. The first-order valence-corrected chi connectivity index (χ1v) is 9.08. The van der Waals surface area contributed by atoms with E-state index in [4.69, 9.17) is 0 Å². The van der Waals surface area contributed by atoms with E-state index in [0.717, 1.165) is 0 Å². The summed E-state index contributed by atoms with van der Waals surface area (Å²) in [6.45, 7) is 0. The predicted octanol–water partition coefficient (Wildman–Crippen LogP) is 0.970. The molecule has 0 saturated carbocycles. The minimum absolute atomic E-state index is 0.513. The van der Waals surface area contributed by atoms with Crippen LogP contribution in [0.15, 0.2) is 0 Å². The topological polar surface area (TPSA) is 0 Å². The van der Waals surface area contributed by atoms with Gasteiger partial charge in [-0.05, 0) is 0 Å². The van der Waals surface area contributed by atoms with Gasteiger partial charge < -0.3 is 0 Å². The molecule has 0 unspecified atom stereocenters. The van der Waals surface area contributed by atoms with Gasteiger partial charge >= 0.3 is 34.1 Å². The SMILES string of the molecule is [CH]12[CH]3[CH]4[CH]1[Sn]234. The zero-order valence-electron chi connectivity index (χ0n) is 2.81. The Hall–Kier alpha value is 0.799. The van der Waals surface area contributed by atoms with E-state index in [-0.39, 0.29) is 0 Å². The van der Waals surface area contributed by atoms with Crippen molar-refractivity contribution in [3.63, 3.8) is 0 Å². The zero-order chi connectivity index (χ0) is 2.81. The van der Waals surface area contributed by atoms with Crippen LogP contribution < -0.4 is 0 Å². The second-order valence-electron chi connectivity index (χ2n) is 3.10. The zero-order valence-corrected chi connectivity index (χ0v) is 5.66. The van der Waals surface area contributed by atoms with E-state index in [2.05, 4.69) is 0 Å². The van der Waals surface area contributed by atoms with Gasteiger partial charge in [-0.15, -0.1) is 0 Å². The number of rotatable bonds is 0. The fraction of sp³-hybridized carbons (Fsp3) is 1.00. The summed E-state index contributed by atoms with van der Waals surface area (Å²) in [7, 11) is 0. The van der Waals surface area contributed by atoms with Crippen molar-refractivity contribution >= 4 is 18.4 Å². The van der Waals surface area contributed by atoms with Crippen LogP contribution in [0.3, 0.4) is 0 Å². The molecule has 0 nitrogen and oxygen atoms in total. The van der Waals surface area contributed by atoms with E-state index in [0.29, 0.717) is 0 Å². The van der Waals surface area contributed by atoms with Gasteiger partial charge in [-0.25, -0.2) is 0 Å². The number of hydrogen-bond acceptors (Lipinski definition) is 0. The van der Waals surface area contributed by atoms with Crippen molar-refractivity contribution < 1.29 is 0 Å². The van der Waals surface area contributed by atoms with Crippen LogP contribution in [0.2, 0.25) is 15.7 Å². The van der Waals surface area contributed by atoms with Crippen LogP contribution in [0.5, 0.6) is 0 Å². The predicted molar refractivity (Wildman–Crippen MR) is 20.8 cm³/mol. The van der Waals surface area contributed by atoms with E-state index in [9.17, 15) is 0 Å². The molecule has 24 valence electrons. The Balaban J connectivity index is 2.71. The molecule has 4 heterocycles. The molecule has 5 heavy (non-hydrogen) atoms. The molecule has 1 heteroatoms. The molecule has 0 aromatic rings. The molecule has 1 spiro atoms. The molecule has 0 amide bonds. The number of fused-ring (bicyclic) bond motifs is 4.